The van der Waals surface area contributed by atoms with Crippen LogP contribution in [0.2, 0.25) is 0 Å². The van der Waals surface area contributed by atoms with Crippen molar-refractivity contribution >= 4 is 16.5 Å². The summed E-state index contributed by atoms with van der Waals surface area (Å²) in [7, 11) is 0. The van der Waals surface area contributed by atoms with Gasteiger partial charge in [-0.15, -0.1) is 11.3 Å². The first kappa shape index (κ1) is 12.9. The summed E-state index contributed by atoms with van der Waals surface area (Å²) in [5.41, 5.74) is 10.6. The fourth-order valence-electron chi connectivity index (χ4n) is 2.21. The fourth-order valence-corrected chi connectivity index (χ4v) is 3.10. The van der Waals surface area contributed by atoms with Crippen LogP contribution in [0.1, 0.15) is 16.0 Å². The van der Waals surface area contributed by atoms with E-state index in [1.165, 1.54) is 16.0 Å². The van der Waals surface area contributed by atoms with Crippen LogP contribution in [0.15, 0.2) is 54.6 Å². The van der Waals surface area contributed by atoms with Crippen LogP contribution in [-0.4, -0.2) is 4.98 Å². The van der Waals surface area contributed by atoms with E-state index >= 15 is 0 Å². The fraction of sp³-hybridized carbons (Fsp3) is 0.118. The van der Waals surface area contributed by atoms with Gasteiger partial charge in [0.1, 0.15) is 0 Å². The first-order valence-corrected chi connectivity index (χ1v) is 7.40. The summed E-state index contributed by atoms with van der Waals surface area (Å²) in [6.45, 7) is 2.09. The molecule has 0 fully saturated rings. The Kier molecular flexibility index (Phi) is 3.52. The van der Waals surface area contributed by atoms with Crippen LogP contribution in [0.3, 0.4) is 0 Å². The standard InChI is InChI=1S/C17H16N2S/c1-12-7-9-14(10-8-12)16-15(20-17(18)19-16)11-13-5-3-2-4-6-13/h2-10H,11H2,1H3,(H2,18,19). The van der Waals surface area contributed by atoms with Crippen LogP contribution < -0.4 is 5.73 Å². The highest BCUT2D eigenvalue weighted by molar-refractivity contribution is 7.15. The van der Waals surface area contributed by atoms with E-state index in [1.54, 1.807) is 11.3 Å². The Morgan fingerprint density at radius 3 is 2.40 bits per heavy atom. The normalized spacial score (nSPS) is 10.7. The number of nitrogens with zero attached hydrogens (tertiary/aromatic N) is 1. The summed E-state index contributed by atoms with van der Waals surface area (Å²) < 4.78 is 0. The monoisotopic (exact) mass is 280 g/mol. The Labute approximate surface area is 122 Å². The summed E-state index contributed by atoms with van der Waals surface area (Å²) in [5.74, 6) is 0. The van der Waals surface area contributed by atoms with E-state index in [0.717, 1.165) is 17.7 Å². The molecule has 2 aromatic carbocycles. The molecule has 20 heavy (non-hydrogen) atoms. The maximum Gasteiger partial charge on any atom is 0.180 e. The number of nitrogens with two attached hydrogens (primary N) is 1. The summed E-state index contributed by atoms with van der Waals surface area (Å²) in [4.78, 5) is 5.72. The minimum absolute atomic E-state index is 0.631. The number of hydrogen-bond donors (Lipinski definition) is 1. The number of hydrogen-bond acceptors (Lipinski definition) is 3. The molecule has 0 unspecified atom stereocenters. The highest BCUT2D eigenvalue weighted by Crippen LogP contribution is 2.31. The van der Waals surface area contributed by atoms with Crippen molar-refractivity contribution in [2.45, 2.75) is 13.3 Å². The molecular formula is C17H16N2S. The van der Waals surface area contributed by atoms with Crippen LogP contribution >= 0.6 is 11.3 Å². The lowest BCUT2D eigenvalue weighted by molar-refractivity contribution is 1.22. The molecule has 3 rings (SSSR count). The molecule has 3 aromatic rings. The van der Waals surface area contributed by atoms with Crippen molar-refractivity contribution in [3.63, 3.8) is 0 Å². The van der Waals surface area contributed by atoms with Crippen LogP contribution in [0.5, 0.6) is 0 Å². The van der Waals surface area contributed by atoms with Crippen LogP contribution in [-0.2, 0) is 6.42 Å². The Morgan fingerprint density at radius 1 is 1.00 bits per heavy atom. The highest BCUT2D eigenvalue weighted by Gasteiger charge is 2.12. The molecule has 0 atom stereocenters. The van der Waals surface area contributed by atoms with Crippen molar-refractivity contribution in [1.82, 2.24) is 4.98 Å². The maximum atomic E-state index is 5.91. The van der Waals surface area contributed by atoms with Gasteiger partial charge in [-0.25, -0.2) is 4.98 Å². The predicted molar refractivity (Wildman–Crippen MR) is 85.9 cm³/mol. The van der Waals surface area contributed by atoms with Gasteiger partial charge in [0.2, 0.25) is 0 Å². The Hall–Kier alpha value is -2.13. The summed E-state index contributed by atoms with van der Waals surface area (Å²) >= 11 is 1.57. The van der Waals surface area contributed by atoms with E-state index in [4.69, 9.17) is 5.73 Å². The quantitative estimate of drug-likeness (QED) is 0.777. The predicted octanol–water partition coefficient (Wildman–Crippen LogP) is 4.29. The van der Waals surface area contributed by atoms with E-state index < -0.39 is 0 Å². The zero-order valence-electron chi connectivity index (χ0n) is 11.3. The molecule has 0 saturated carbocycles. The van der Waals surface area contributed by atoms with Crippen molar-refractivity contribution in [2.75, 3.05) is 5.73 Å². The maximum absolute atomic E-state index is 5.91. The van der Waals surface area contributed by atoms with Gasteiger partial charge < -0.3 is 5.73 Å². The van der Waals surface area contributed by atoms with Crippen molar-refractivity contribution < 1.29 is 0 Å². The molecule has 0 aliphatic carbocycles. The lowest BCUT2D eigenvalue weighted by Gasteiger charge is -2.03. The van der Waals surface area contributed by atoms with Crippen molar-refractivity contribution in [1.29, 1.82) is 0 Å². The van der Waals surface area contributed by atoms with Gasteiger partial charge in [-0.1, -0.05) is 60.2 Å². The molecule has 0 bridgehead atoms. The second-order valence-electron chi connectivity index (χ2n) is 4.85. The third-order valence-electron chi connectivity index (χ3n) is 3.25. The second-order valence-corrected chi connectivity index (χ2v) is 5.97. The number of aryl methyl sites for hydroxylation is 1. The third-order valence-corrected chi connectivity index (χ3v) is 4.13. The van der Waals surface area contributed by atoms with Gasteiger partial charge in [0.05, 0.1) is 5.69 Å². The van der Waals surface area contributed by atoms with Crippen LogP contribution in [0.25, 0.3) is 11.3 Å². The smallest absolute Gasteiger partial charge is 0.180 e. The van der Waals surface area contributed by atoms with E-state index in [-0.39, 0.29) is 0 Å². The molecule has 2 N–H and O–H groups in total. The lowest BCUT2D eigenvalue weighted by atomic mass is 10.1. The molecule has 1 aromatic heterocycles. The van der Waals surface area contributed by atoms with Crippen molar-refractivity contribution in [3.05, 3.63) is 70.6 Å². The van der Waals surface area contributed by atoms with Gasteiger partial charge in [-0.05, 0) is 12.5 Å². The molecule has 2 nitrogen and oxygen atoms in total. The molecule has 100 valence electrons. The first-order chi connectivity index (χ1) is 9.72. The number of anilines is 1. The third kappa shape index (κ3) is 2.73. The Balaban J connectivity index is 1.98. The van der Waals surface area contributed by atoms with Gasteiger partial charge in [0.15, 0.2) is 5.13 Å². The van der Waals surface area contributed by atoms with Crippen LogP contribution in [0.4, 0.5) is 5.13 Å². The molecule has 0 aliphatic heterocycles. The number of thiazole rings is 1. The van der Waals surface area contributed by atoms with Gasteiger partial charge in [0.25, 0.3) is 0 Å². The van der Waals surface area contributed by atoms with E-state index in [0.29, 0.717) is 5.13 Å². The average Bonchev–Trinajstić information content (AvgIpc) is 2.81. The number of rotatable bonds is 3. The molecule has 0 radical (unpaired) electrons. The largest absolute Gasteiger partial charge is 0.375 e. The molecule has 0 amide bonds. The molecule has 3 heteroatoms. The Morgan fingerprint density at radius 2 is 1.70 bits per heavy atom. The first-order valence-electron chi connectivity index (χ1n) is 6.58. The zero-order valence-corrected chi connectivity index (χ0v) is 12.2. The topological polar surface area (TPSA) is 38.9 Å². The van der Waals surface area contributed by atoms with Crippen molar-refractivity contribution in [2.24, 2.45) is 0 Å². The van der Waals surface area contributed by atoms with Gasteiger partial charge in [-0.3, -0.25) is 0 Å². The molecular weight excluding hydrogens is 264 g/mol. The summed E-state index contributed by atoms with van der Waals surface area (Å²) in [6.07, 6.45) is 0.874. The van der Waals surface area contributed by atoms with E-state index in [1.807, 2.05) is 6.07 Å². The van der Waals surface area contributed by atoms with Crippen LogP contribution in [0, 0.1) is 6.92 Å². The van der Waals surface area contributed by atoms with Crippen molar-refractivity contribution in [3.8, 4) is 11.3 Å². The van der Waals surface area contributed by atoms with Gasteiger partial charge in [0, 0.05) is 16.9 Å². The molecule has 0 saturated heterocycles. The minimum Gasteiger partial charge on any atom is -0.375 e. The van der Waals surface area contributed by atoms with Gasteiger partial charge in [-0.2, -0.15) is 0 Å². The van der Waals surface area contributed by atoms with Gasteiger partial charge >= 0.3 is 0 Å². The number of benzene rings is 2. The van der Waals surface area contributed by atoms with E-state index in [9.17, 15) is 0 Å². The number of aromatic nitrogens is 1. The van der Waals surface area contributed by atoms with E-state index in [2.05, 4.69) is 60.4 Å². The Bertz CT molecular complexity index is 700. The number of nitrogen functional groups attached to an aromatic ring is 1. The SMILES string of the molecule is Cc1ccc(-c2nc(N)sc2Cc2ccccc2)cc1. The molecule has 0 spiro atoms. The summed E-state index contributed by atoms with van der Waals surface area (Å²) in [6, 6.07) is 18.9. The highest BCUT2D eigenvalue weighted by atomic mass is 32.1. The average molecular weight is 280 g/mol. The zero-order chi connectivity index (χ0) is 13.9. The summed E-state index contributed by atoms with van der Waals surface area (Å²) in [5, 5.41) is 0.631. The second kappa shape index (κ2) is 5.47. The molecule has 0 aliphatic rings. The lowest BCUT2D eigenvalue weighted by Crippen LogP contribution is -1.89. The molecule has 1 heterocycles. The minimum atomic E-state index is 0.631.